The first-order chi connectivity index (χ1) is 9.71. The molecule has 21 heavy (non-hydrogen) atoms. The molecule has 1 aromatic heterocycles. The molecule has 0 aliphatic rings. The summed E-state index contributed by atoms with van der Waals surface area (Å²) in [6, 6.07) is 5.47. The number of aromatic amines is 1. The smallest absolute Gasteiger partial charge is 0.343 e. The Morgan fingerprint density at radius 1 is 1.19 bits per heavy atom. The second kappa shape index (κ2) is 5.60. The molecule has 0 spiro atoms. The second-order valence-electron chi connectivity index (χ2n) is 5.13. The SMILES string of the molecule is Cc1c(-c2ccccc2C(F)(F)F)[nH]c(C(C)C)nc1=S. The van der Waals surface area contributed by atoms with Gasteiger partial charge in [0.25, 0.3) is 0 Å². The highest BCUT2D eigenvalue weighted by molar-refractivity contribution is 7.71. The number of rotatable bonds is 2. The Labute approximate surface area is 126 Å². The molecule has 1 N–H and O–H groups in total. The van der Waals surface area contributed by atoms with Crippen LogP contribution in [0.25, 0.3) is 11.3 Å². The van der Waals surface area contributed by atoms with Crippen molar-refractivity contribution in [3.05, 3.63) is 45.9 Å². The molecule has 0 bridgehead atoms. The predicted molar refractivity (Wildman–Crippen MR) is 78.7 cm³/mol. The molecule has 112 valence electrons. The highest BCUT2D eigenvalue weighted by Crippen LogP contribution is 2.37. The number of hydrogen-bond acceptors (Lipinski definition) is 2. The third-order valence-electron chi connectivity index (χ3n) is 3.22. The van der Waals surface area contributed by atoms with Crippen molar-refractivity contribution in [1.29, 1.82) is 0 Å². The molecule has 2 aromatic rings. The van der Waals surface area contributed by atoms with Gasteiger partial charge in [0.2, 0.25) is 0 Å². The summed E-state index contributed by atoms with van der Waals surface area (Å²) in [6.07, 6.45) is -4.42. The maximum atomic E-state index is 13.2. The molecule has 0 unspecified atom stereocenters. The zero-order chi connectivity index (χ0) is 15.8. The van der Waals surface area contributed by atoms with Crippen molar-refractivity contribution in [3.63, 3.8) is 0 Å². The fraction of sp³-hybridized carbons (Fsp3) is 0.333. The molecule has 2 rings (SSSR count). The molecule has 2 nitrogen and oxygen atoms in total. The summed E-state index contributed by atoms with van der Waals surface area (Å²) in [7, 11) is 0. The van der Waals surface area contributed by atoms with E-state index >= 15 is 0 Å². The molecule has 1 heterocycles. The average molecular weight is 312 g/mol. The van der Waals surface area contributed by atoms with E-state index in [1.54, 1.807) is 13.0 Å². The molecule has 0 fully saturated rings. The minimum absolute atomic E-state index is 0.0455. The molecular weight excluding hydrogens is 297 g/mol. The van der Waals surface area contributed by atoms with Gasteiger partial charge in [0, 0.05) is 17.0 Å². The van der Waals surface area contributed by atoms with E-state index in [-0.39, 0.29) is 11.5 Å². The Bertz CT molecular complexity index is 718. The van der Waals surface area contributed by atoms with Crippen LogP contribution in [0.1, 0.15) is 36.7 Å². The fourth-order valence-corrected chi connectivity index (χ4v) is 2.24. The summed E-state index contributed by atoms with van der Waals surface area (Å²) in [5.74, 6) is 0.627. The van der Waals surface area contributed by atoms with Gasteiger partial charge in [0.1, 0.15) is 10.5 Å². The second-order valence-corrected chi connectivity index (χ2v) is 5.51. The van der Waals surface area contributed by atoms with E-state index in [9.17, 15) is 13.2 Å². The molecule has 6 heteroatoms. The van der Waals surface area contributed by atoms with E-state index in [1.807, 2.05) is 13.8 Å². The number of aromatic nitrogens is 2. The van der Waals surface area contributed by atoms with Gasteiger partial charge in [0.15, 0.2) is 0 Å². The molecule has 0 saturated carbocycles. The minimum Gasteiger partial charge on any atom is -0.343 e. The van der Waals surface area contributed by atoms with Crippen molar-refractivity contribution >= 4 is 12.2 Å². The number of hydrogen-bond donors (Lipinski definition) is 1. The third kappa shape index (κ3) is 3.15. The molecule has 0 amide bonds. The highest BCUT2D eigenvalue weighted by atomic mass is 32.1. The number of H-pyrrole nitrogens is 1. The van der Waals surface area contributed by atoms with Gasteiger partial charge in [-0.3, -0.25) is 0 Å². The summed E-state index contributed by atoms with van der Waals surface area (Å²) in [4.78, 5) is 7.23. The number of nitrogens with zero attached hydrogens (tertiary/aromatic N) is 1. The lowest BCUT2D eigenvalue weighted by atomic mass is 10.0. The first-order valence-corrected chi connectivity index (χ1v) is 6.90. The third-order valence-corrected chi connectivity index (χ3v) is 3.62. The van der Waals surface area contributed by atoms with Crippen LogP contribution in [0, 0.1) is 11.6 Å². The van der Waals surface area contributed by atoms with Crippen molar-refractivity contribution in [2.24, 2.45) is 0 Å². The van der Waals surface area contributed by atoms with Crippen LogP contribution in [0.4, 0.5) is 13.2 Å². The quantitative estimate of drug-likeness (QED) is 0.767. The van der Waals surface area contributed by atoms with Crippen LogP contribution in [0.15, 0.2) is 24.3 Å². The molecule has 1 aromatic carbocycles. The Kier molecular flexibility index (Phi) is 4.18. The summed E-state index contributed by atoms with van der Waals surface area (Å²) in [5, 5.41) is 0. The van der Waals surface area contributed by atoms with Crippen molar-refractivity contribution in [1.82, 2.24) is 9.97 Å². The van der Waals surface area contributed by atoms with E-state index < -0.39 is 11.7 Å². The first-order valence-electron chi connectivity index (χ1n) is 6.49. The minimum atomic E-state index is -4.42. The monoisotopic (exact) mass is 312 g/mol. The zero-order valence-electron chi connectivity index (χ0n) is 11.9. The number of halogens is 3. The van der Waals surface area contributed by atoms with Crippen molar-refractivity contribution in [2.45, 2.75) is 32.9 Å². The first kappa shape index (κ1) is 15.7. The largest absolute Gasteiger partial charge is 0.417 e. The number of nitrogens with one attached hydrogen (secondary N) is 1. The van der Waals surface area contributed by atoms with E-state index in [0.717, 1.165) is 6.07 Å². The van der Waals surface area contributed by atoms with Gasteiger partial charge >= 0.3 is 6.18 Å². The van der Waals surface area contributed by atoms with E-state index in [1.165, 1.54) is 12.1 Å². The van der Waals surface area contributed by atoms with Crippen LogP contribution < -0.4 is 0 Å². The van der Waals surface area contributed by atoms with Crippen molar-refractivity contribution < 1.29 is 13.2 Å². The predicted octanol–water partition coefficient (Wildman–Crippen LogP) is 5.26. The van der Waals surface area contributed by atoms with Crippen LogP contribution >= 0.6 is 12.2 Å². The Morgan fingerprint density at radius 3 is 2.38 bits per heavy atom. The van der Waals surface area contributed by atoms with E-state index in [4.69, 9.17) is 12.2 Å². The summed E-state index contributed by atoms with van der Waals surface area (Å²) >= 11 is 5.17. The average Bonchev–Trinajstić information content (AvgIpc) is 2.40. The van der Waals surface area contributed by atoms with Crippen molar-refractivity contribution in [2.75, 3.05) is 0 Å². The van der Waals surface area contributed by atoms with Gasteiger partial charge in [0.05, 0.1) is 11.3 Å². The fourth-order valence-electron chi connectivity index (χ4n) is 2.04. The van der Waals surface area contributed by atoms with Gasteiger partial charge in [-0.1, -0.05) is 44.3 Å². The lowest BCUT2D eigenvalue weighted by Gasteiger charge is -2.16. The van der Waals surface area contributed by atoms with Gasteiger partial charge < -0.3 is 4.98 Å². The van der Waals surface area contributed by atoms with Gasteiger partial charge in [-0.25, -0.2) is 4.98 Å². The molecule has 0 aliphatic carbocycles. The lowest BCUT2D eigenvalue weighted by molar-refractivity contribution is -0.137. The molecule has 0 aliphatic heterocycles. The van der Waals surface area contributed by atoms with Gasteiger partial charge in [-0.2, -0.15) is 13.2 Å². The van der Waals surface area contributed by atoms with Crippen LogP contribution in [0.2, 0.25) is 0 Å². The van der Waals surface area contributed by atoms with Crippen molar-refractivity contribution in [3.8, 4) is 11.3 Å². The zero-order valence-corrected chi connectivity index (χ0v) is 12.7. The van der Waals surface area contributed by atoms with Crippen LogP contribution in [0.3, 0.4) is 0 Å². The maximum Gasteiger partial charge on any atom is 0.417 e. The highest BCUT2D eigenvalue weighted by Gasteiger charge is 2.34. The topological polar surface area (TPSA) is 28.7 Å². The van der Waals surface area contributed by atoms with Crippen LogP contribution in [0.5, 0.6) is 0 Å². The van der Waals surface area contributed by atoms with Gasteiger partial charge in [-0.05, 0) is 13.0 Å². The summed E-state index contributed by atoms with van der Waals surface area (Å²) in [5.41, 5.74) is 0.343. The number of alkyl halides is 3. The number of benzene rings is 1. The Morgan fingerprint density at radius 2 is 1.81 bits per heavy atom. The molecule has 0 atom stereocenters. The van der Waals surface area contributed by atoms with Gasteiger partial charge in [-0.15, -0.1) is 0 Å². The van der Waals surface area contributed by atoms with Crippen LogP contribution in [-0.4, -0.2) is 9.97 Å². The maximum absolute atomic E-state index is 13.2. The summed E-state index contributed by atoms with van der Waals surface area (Å²) in [6.45, 7) is 5.49. The Balaban J connectivity index is 2.76. The van der Waals surface area contributed by atoms with E-state index in [2.05, 4.69) is 9.97 Å². The van der Waals surface area contributed by atoms with E-state index in [0.29, 0.717) is 21.7 Å². The summed E-state index contributed by atoms with van der Waals surface area (Å²) < 4.78 is 39.8. The Hall–Kier alpha value is -1.69. The molecule has 0 saturated heterocycles. The molecular formula is C15H15F3N2S. The molecule has 0 radical (unpaired) electrons. The normalized spacial score (nSPS) is 12.0. The standard InChI is InChI=1S/C15H15F3N2S/c1-8(2)13-19-12(9(3)14(21)20-13)10-6-4-5-7-11(10)15(16,17)18/h4-8H,1-3H3,(H,19,20,21). The lowest BCUT2D eigenvalue weighted by Crippen LogP contribution is -2.09. The van der Waals surface area contributed by atoms with Crippen LogP contribution in [-0.2, 0) is 6.18 Å².